The average Bonchev–Trinajstić information content (AvgIpc) is 4.01. The molecule has 4 nitrogen and oxygen atoms in total. The summed E-state index contributed by atoms with van der Waals surface area (Å²) in [5.74, 6) is 0. The number of anilines is 4. The van der Waals surface area contributed by atoms with Crippen molar-refractivity contribution in [2.75, 3.05) is 10.6 Å². The summed E-state index contributed by atoms with van der Waals surface area (Å²) in [6.07, 6.45) is 1.92. The van der Waals surface area contributed by atoms with E-state index in [0.717, 1.165) is 56.1 Å². The highest BCUT2D eigenvalue weighted by Crippen LogP contribution is 2.63. The zero-order valence-electron chi connectivity index (χ0n) is 37.3. The molecule has 2 aromatic heterocycles. The fraction of sp³-hybridized carbons (Fsp3) is 0.0156. The van der Waals surface area contributed by atoms with Crippen LogP contribution in [0.3, 0.4) is 0 Å². The van der Waals surface area contributed by atoms with Crippen LogP contribution in [0.15, 0.2) is 240 Å². The molecule has 0 atom stereocenters. The Bertz CT molecular complexity index is 4090. The van der Waals surface area contributed by atoms with Crippen molar-refractivity contribution in [3.05, 3.63) is 253 Å². The molecule has 1 aliphatic heterocycles. The Morgan fingerprint density at radius 1 is 0.406 bits per heavy atom. The Morgan fingerprint density at radius 3 is 1.81 bits per heavy atom. The molecular formula is C64H40N4S. The van der Waals surface area contributed by atoms with Crippen LogP contribution in [0.4, 0.5) is 22.7 Å². The Labute approximate surface area is 403 Å². The van der Waals surface area contributed by atoms with Crippen molar-refractivity contribution in [2.24, 2.45) is 0 Å². The van der Waals surface area contributed by atoms with Crippen molar-refractivity contribution in [3.8, 4) is 50.3 Å². The second-order valence-electron chi connectivity index (χ2n) is 18.5. The van der Waals surface area contributed by atoms with Gasteiger partial charge < -0.3 is 15.2 Å². The van der Waals surface area contributed by atoms with Crippen molar-refractivity contribution < 1.29 is 0 Å². The standard InChI is InChI=1S/C64H40N4S/c65-43-26-29-52-51-19-6-10-23-57(51)67(60(52)37-43)45-27-31-59-62(38-45)69-61-36-41(25-30-58(61)68(59)44-14-11-13-42(34-44)63-46-15-2-1-12-39(46)32-33-66-63)40-24-28-50-49-18-5-9-22-55(49)64(56(50)35-40)53-20-7-3-16-47(53)48-17-4-8-21-54(48)64/h1-38H,65H2. The molecule has 0 fully saturated rings. The maximum atomic E-state index is 6.49. The fourth-order valence-electron chi connectivity index (χ4n) is 12.1. The molecule has 0 unspecified atom stereocenters. The summed E-state index contributed by atoms with van der Waals surface area (Å²) in [4.78, 5) is 9.74. The summed E-state index contributed by atoms with van der Waals surface area (Å²) < 4.78 is 2.36. The predicted molar refractivity (Wildman–Crippen MR) is 286 cm³/mol. The molecular weight excluding hydrogens is 857 g/mol. The first-order valence-corrected chi connectivity index (χ1v) is 24.4. The van der Waals surface area contributed by atoms with Gasteiger partial charge in [-0.15, -0.1) is 0 Å². The molecule has 10 aromatic carbocycles. The molecule has 69 heavy (non-hydrogen) atoms. The number of pyridine rings is 1. The number of para-hydroxylation sites is 1. The van der Waals surface area contributed by atoms with Crippen LogP contribution in [0, 0.1) is 0 Å². The largest absolute Gasteiger partial charge is 0.399 e. The molecule has 12 aromatic rings. The monoisotopic (exact) mass is 896 g/mol. The quantitative estimate of drug-likeness (QED) is 0.179. The average molecular weight is 897 g/mol. The first kappa shape index (κ1) is 38.5. The highest BCUT2D eigenvalue weighted by molar-refractivity contribution is 7.99. The molecule has 15 rings (SSSR count). The van der Waals surface area contributed by atoms with E-state index < -0.39 is 5.41 Å². The number of nitrogens with zero attached hydrogens (tertiary/aromatic N) is 3. The predicted octanol–water partition coefficient (Wildman–Crippen LogP) is 16.5. The lowest BCUT2D eigenvalue weighted by molar-refractivity contribution is 0.794. The summed E-state index contributed by atoms with van der Waals surface area (Å²) in [5.41, 5.74) is 28.6. The van der Waals surface area contributed by atoms with Crippen LogP contribution in [-0.4, -0.2) is 9.55 Å². The molecule has 0 saturated heterocycles. The van der Waals surface area contributed by atoms with Crippen LogP contribution < -0.4 is 10.6 Å². The molecule has 2 aliphatic carbocycles. The van der Waals surface area contributed by atoms with Crippen molar-refractivity contribution in [1.82, 2.24) is 9.55 Å². The van der Waals surface area contributed by atoms with E-state index in [0.29, 0.717) is 0 Å². The summed E-state index contributed by atoms with van der Waals surface area (Å²) in [7, 11) is 0. The van der Waals surface area contributed by atoms with Crippen molar-refractivity contribution in [2.45, 2.75) is 15.2 Å². The van der Waals surface area contributed by atoms with Crippen molar-refractivity contribution in [1.29, 1.82) is 0 Å². The molecule has 0 bridgehead atoms. The molecule has 3 aliphatic rings. The number of fused-ring (bicyclic) bond motifs is 16. The van der Waals surface area contributed by atoms with Gasteiger partial charge in [0.05, 0.1) is 33.5 Å². The molecule has 0 radical (unpaired) electrons. The normalized spacial score (nSPS) is 13.6. The summed E-state index contributed by atoms with van der Waals surface area (Å²) >= 11 is 1.84. The fourth-order valence-corrected chi connectivity index (χ4v) is 13.2. The third kappa shape index (κ3) is 5.39. The molecule has 0 amide bonds. The van der Waals surface area contributed by atoms with Gasteiger partial charge in [0.25, 0.3) is 0 Å². The Hall–Kier alpha value is -8.64. The van der Waals surface area contributed by atoms with Crippen LogP contribution in [0.1, 0.15) is 22.3 Å². The SMILES string of the molecule is Nc1ccc2c3ccccc3n(-c3ccc4c(c3)Sc3cc(-c5ccc6c(c5)C5(c7ccccc7-c7ccccc75)c5ccccc5-6)ccc3N4c3cccc(-c4nccc5ccccc45)c3)c2c1. The first-order chi connectivity index (χ1) is 34.1. The summed E-state index contributed by atoms with van der Waals surface area (Å²) in [5, 5.41) is 4.70. The summed E-state index contributed by atoms with van der Waals surface area (Å²) in [6.45, 7) is 0. The van der Waals surface area contributed by atoms with E-state index >= 15 is 0 Å². The van der Waals surface area contributed by atoms with E-state index in [1.54, 1.807) is 0 Å². The van der Waals surface area contributed by atoms with Gasteiger partial charge in [-0.25, -0.2) is 0 Å². The highest BCUT2D eigenvalue weighted by Gasteiger charge is 2.51. The van der Waals surface area contributed by atoms with Crippen molar-refractivity contribution in [3.63, 3.8) is 0 Å². The molecule has 5 heteroatoms. The number of nitrogen functional groups attached to an aromatic ring is 1. The lowest BCUT2D eigenvalue weighted by atomic mass is 9.70. The van der Waals surface area contributed by atoms with E-state index in [1.165, 1.54) is 81.6 Å². The Balaban J connectivity index is 0.920. The van der Waals surface area contributed by atoms with Gasteiger partial charge in [0.1, 0.15) is 0 Å². The first-order valence-electron chi connectivity index (χ1n) is 23.6. The maximum Gasteiger partial charge on any atom is 0.0781 e. The molecule has 0 saturated carbocycles. The number of rotatable bonds is 4. The van der Waals surface area contributed by atoms with Gasteiger partial charge in [-0.05, 0) is 134 Å². The van der Waals surface area contributed by atoms with E-state index in [1.807, 2.05) is 24.0 Å². The second-order valence-corrected chi connectivity index (χ2v) is 19.6. The van der Waals surface area contributed by atoms with E-state index in [9.17, 15) is 0 Å². The van der Waals surface area contributed by atoms with Gasteiger partial charge in [0.15, 0.2) is 0 Å². The van der Waals surface area contributed by atoms with Crippen molar-refractivity contribution >= 4 is 67.1 Å². The zero-order valence-corrected chi connectivity index (χ0v) is 38.1. The van der Waals surface area contributed by atoms with Crippen LogP contribution in [0.25, 0.3) is 82.9 Å². The van der Waals surface area contributed by atoms with E-state index in [-0.39, 0.29) is 0 Å². The lowest BCUT2D eigenvalue weighted by Gasteiger charge is -2.34. The van der Waals surface area contributed by atoms with Gasteiger partial charge in [0.2, 0.25) is 0 Å². The lowest BCUT2D eigenvalue weighted by Crippen LogP contribution is -2.25. The number of nitrogens with two attached hydrogens (primary N) is 1. The van der Waals surface area contributed by atoms with Gasteiger partial charge in [-0.3, -0.25) is 4.98 Å². The smallest absolute Gasteiger partial charge is 0.0781 e. The van der Waals surface area contributed by atoms with Crippen LogP contribution in [-0.2, 0) is 5.41 Å². The van der Waals surface area contributed by atoms with Gasteiger partial charge in [-0.1, -0.05) is 163 Å². The molecule has 3 heterocycles. The van der Waals surface area contributed by atoms with Crippen LogP contribution in [0.5, 0.6) is 0 Å². The molecule has 322 valence electrons. The minimum atomic E-state index is -0.411. The van der Waals surface area contributed by atoms with Gasteiger partial charge in [0, 0.05) is 54.8 Å². The van der Waals surface area contributed by atoms with Crippen LogP contribution >= 0.6 is 11.8 Å². The molecule has 2 N–H and O–H groups in total. The third-order valence-electron chi connectivity index (χ3n) is 14.9. The highest BCUT2D eigenvalue weighted by atomic mass is 32.2. The Kier molecular flexibility index (Phi) is 8.04. The topological polar surface area (TPSA) is 47.1 Å². The number of hydrogen-bond acceptors (Lipinski definition) is 4. The minimum absolute atomic E-state index is 0.411. The van der Waals surface area contributed by atoms with Gasteiger partial charge in [-0.2, -0.15) is 0 Å². The van der Waals surface area contributed by atoms with E-state index in [4.69, 9.17) is 10.7 Å². The zero-order chi connectivity index (χ0) is 45.4. The number of aromatic nitrogens is 2. The number of benzene rings is 10. The summed E-state index contributed by atoms with van der Waals surface area (Å²) in [6, 6.07) is 82.6. The molecule has 1 spiro atoms. The number of hydrogen-bond donors (Lipinski definition) is 1. The van der Waals surface area contributed by atoms with E-state index in [2.05, 4.69) is 228 Å². The third-order valence-corrected chi connectivity index (χ3v) is 16.0. The second kappa shape index (κ2) is 14.4. The van der Waals surface area contributed by atoms with Gasteiger partial charge >= 0.3 is 0 Å². The minimum Gasteiger partial charge on any atom is -0.399 e. The Morgan fingerprint density at radius 2 is 1.03 bits per heavy atom. The maximum absolute atomic E-state index is 6.49. The van der Waals surface area contributed by atoms with Crippen LogP contribution in [0.2, 0.25) is 0 Å².